The number of hydrogen-bond donors (Lipinski definition) is 1. The SMILES string of the molecule is COc1cc(OC)nc(C(SC)c2cc(Cl)cc(Cl)c2N)n1. The summed E-state index contributed by atoms with van der Waals surface area (Å²) >= 11 is 13.7. The molecule has 0 aliphatic rings. The molecule has 2 N–H and O–H groups in total. The Bertz CT molecular complexity index is 663. The van der Waals surface area contributed by atoms with Crippen molar-refractivity contribution in [2.24, 2.45) is 0 Å². The largest absolute Gasteiger partial charge is 0.481 e. The van der Waals surface area contributed by atoms with Crippen LogP contribution in [-0.2, 0) is 0 Å². The van der Waals surface area contributed by atoms with Crippen molar-refractivity contribution in [1.29, 1.82) is 0 Å². The number of thioether (sulfide) groups is 1. The minimum absolute atomic E-state index is 0.250. The first-order valence-corrected chi connectivity index (χ1v) is 8.28. The fourth-order valence-corrected chi connectivity index (χ4v) is 3.21. The first kappa shape index (κ1) is 17.0. The van der Waals surface area contributed by atoms with Gasteiger partial charge in [-0.25, -0.2) is 0 Å². The van der Waals surface area contributed by atoms with Gasteiger partial charge in [-0.1, -0.05) is 23.2 Å². The Hall–Kier alpha value is -1.37. The van der Waals surface area contributed by atoms with E-state index < -0.39 is 0 Å². The molecule has 1 unspecified atom stereocenters. The third-order valence-corrected chi connectivity index (χ3v) is 4.46. The maximum absolute atomic E-state index is 6.12. The van der Waals surface area contributed by atoms with Gasteiger partial charge in [-0.15, -0.1) is 11.8 Å². The van der Waals surface area contributed by atoms with Gasteiger partial charge in [0.15, 0.2) is 5.82 Å². The standard InChI is InChI=1S/C14H15Cl2N3O2S/c1-20-10-6-11(21-2)19-14(18-10)13(22-3)8-4-7(15)5-9(16)12(8)17/h4-6,13H,17H2,1-3H3. The second-order valence-electron chi connectivity index (χ2n) is 4.32. The average molecular weight is 360 g/mol. The van der Waals surface area contributed by atoms with Crippen LogP contribution in [0.25, 0.3) is 0 Å². The number of ether oxygens (including phenoxy) is 2. The number of rotatable bonds is 5. The van der Waals surface area contributed by atoms with Crippen molar-refractivity contribution in [2.45, 2.75) is 5.25 Å². The number of halogens is 2. The van der Waals surface area contributed by atoms with Gasteiger partial charge < -0.3 is 15.2 Å². The van der Waals surface area contributed by atoms with Crippen molar-refractivity contribution >= 4 is 40.7 Å². The molecule has 1 atom stereocenters. The lowest BCUT2D eigenvalue weighted by Gasteiger charge is -2.18. The van der Waals surface area contributed by atoms with E-state index in [2.05, 4.69) is 9.97 Å². The molecule has 22 heavy (non-hydrogen) atoms. The second-order valence-corrected chi connectivity index (χ2v) is 6.10. The zero-order valence-electron chi connectivity index (χ0n) is 12.3. The van der Waals surface area contributed by atoms with Gasteiger partial charge in [0.1, 0.15) is 0 Å². The van der Waals surface area contributed by atoms with Crippen LogP contribution in [-0.4, -0.2) is 30.4 Å². The van der Waals surface area contributed by atoms with E-state index in [1.165, 1.54) is 26.0 Å². The maximum Gasteiger partial charge on any atom is 0.220 e. The van der Waals surface area contributed by atoms with Gasteiger partial charge in [-0.3, -0.25) is 0 Å². The summed E-state index contributed by atoms with van der Waals surface area (Å²) in [7, 11) is 3.06. The fourth-order valence-electron chi connectivity index (χ4n) is 1.94. The van der Waals surface area contributed by atoms with Crippen molar-refractivity contribution < 1.29 is 9.47 Å². The molecule has 8 heteroatoms. The number of hydrogen-bond acceptors (Lipinski definition) is 6. The highest BCUT2D eigenvalue weighted by molar-refractivity contribution is 7.99. The van der Waals surface area contributed by atoms with Gasteiger partial charge in [0.25, 0.3) is 0 Å². The van der Waals surface area contributed by atoms with Crippen LogP contribution in [0.4, 0.5) is 5.69 Å². The van der Waals surface area contributed by atoms with E-state index in [1.54, 1.807) is 18.2 Å². The summed E-state index contributed by atoms with van der Waals surface area (Å²) in [4.78, 5) is 8.74. The van der Waals surface area contributed by atoms with E-state index in [0.717, 1.165) is 5.56 Å². The molecule has 1 heterocycles. The molecule has 0 bridgehead atoms. The van der Waals surface area contributed by atoms with Crippen LogP contribution in [0.5, 0.6) is 11.8 Å². The van der Waals surface area contributed by atoms with Gasteiger partial charge >= 0.3 is 0 Å². The van der Waals surface area contributed by atoms with Gasteiger partial charge in [0.05, 0.1) is 36.2 Å². The lowest BCUT2D eigenvalue weighted by atomic mass is 10.1. The highest BCUT2D eigenvalue weighted by Crippen LogP contribution is 2.40. The Balaban J connectivity index is 2.57. The molecule has 0 radical (unpaired) electrons. The molecule has 1 aromatic heterocycles. The average Bonchev–Trinajstić information content (AvgIpc) is 2.52. The number of anilines is 1. The number of methoxy groups -OCH3 is 2. The number of nitrogens with two attached hydrogens (primary N) is 1. The summed E-state index contributed by atoms with van der Waals surface area (Å²) in [5.41, 5.74) is 7.29. The minimum Gasteiger partial charge on any atom is -0.481 e. The molecule has 5 nitrogen and oxygen atoms in total. The number of nitrogens with zero attached hydrogens (tertiary/aromatic N) is 2. The summed E-state index contributed by atoms with van der Waals surface area (Å²) in [6, 6.07) is 4.97. The summed E-state index contributed by atoms with van der Waals surface area (Å²) in [5.74, 6) is 1.33. The number of aromatic nitrogens is 2. The van der Waals surface area contributed by atoms with Crippen LogP contribution in [0.3, 0.4) is 0 Å². The Morgan fingerprint density at radius 2 is 1.68 bits per heavy atom. The van der Waals surface area contributed by atoms with Crippen molar-refractivity contribution in [3.63, 3.8) is 0 Å². The molecule has 1 aromatic carbocycles. The van der Waals surface area contributed by atoms with Gasteiger partial charge in [-0.2, -0.15) is 9.97 Å². The molecule has 0 fully saturated rings. The first-order chi connectivity index (χ1) is 10.5. The zero-order chi connectivity index (χ0) is 16.3. The number of benzene rings is 1. The van der Waals surface area contributed by atoms with Gasteiger partial charge in [0.2, 0.25) is 11.8 Å². The van der Waals surface area contributed by atoms with Crippen LogP contribution in [0.1, 0.15) is 16.6 Å². The Morgan fingerprint density at radius 3 is 2.18 bits per heavy atom. The third kappa shape index (κ3) is 3.51. The molecular formula is C14H15Cl2N3O2S. The fraction of sp³-hybridized carbons (Fsp3) is 0.286. The van der Waals surface area contributed by atoms with Crippen LogP contribution < -0.4 is 15.2 Å². The normalized spacial score (nSPS) is 12.0. The van der Waals surface area contributed by atoms with Crippen molar-refractivity contribution in [2.75, 3.05) is 26.2 Å². The maximum atomic E-state index is 6.12. The molecule has 2 aromatic rings. The van der Waals surface area contributed by atoms with Crippen LogP contribution in [0.15, 0.2) is 18.2 Å². The Kier molecular flexibility index (Phi) is 5.61. The van der Waals surface area contributed by atoms with Crippen molar-refractivity contribution in [3.05, 3.63) is 39.6 Å². The highest BCUT2D eigenvalue weighted by Gasteiger charge is 2.22. The van der Waals surface area contributed by atoms with Crippen LogP contribution >= 0.6 is 35.0 Å². The van der Waals surface area contributed by atoms with E-state index >= 15 is 0 Å². The smallest absolute Gasteiger partial charge is 0.220 e. The molecule has 118 valence electrons. The molecule has 0 amide bonds. The Morgan fingerprint density at radius 1 is 1.09 bits per heavy atom. The summed E-state index contributed by atoms with van der Waals surface area (Å²) in [6.45, 7) is 0. The predicted octanol–water partition coefficient (Wildman–Crippen LogP) is 3.84. The van der Waals surface area contributed by atoms with Crippen molar-refractivity contribution in [3.8, 4) is 11.8 Å². The van der Waals surface area contributed by atoms with E-state index in [0.29, 0.717) is 33.3 Å². The molecular weight excluding hydrogens is 345 g/mol. The predicted molar refractivity (Wildman–Crippen MR) is 91.4 cm³/mol. The molecule has 0 saturated heterocycles. The van der Waals surface area contributed by atoms with E-state index in [-0.39, 0.29) is 5.25 Å². The lowest BCUT2D eigenvalue weighted by Crippen LogP contribution is -2.08. The van der Waals surface area contributed by atoms with E-state index in [4.69, 9.17) is 38.4 Å². The first-order valence-electron chi connectivity index (χ1n) is 6.24. The van der Waals surface area contributed by atoms with Gasteiger partial charge in [0, 0.05) is 5.02 Å². The second kappa shape index (κ2) is 7.26. The van der Waals surface area contributed by atoms with E-state index in [1.807, 2.05) is 6.26 Å². The molecule has 0 aliphatic heterocycles. The van der Waals surface area contributed by atoms with Crippen LogP contribution in [0, 0.1) is 0 Å². The number of nitrogen functional groups attached to an aromatic ring is 1. The minimum atomic E-state index is -0.250. The van der Waals surface area contributed by atoms with Crippen molar-refractivity contribution in [1.82, 2.24) is 9.97 Å². The topological polar surface area (TPSA) is 70.3 Å². The molecule has 0 aliphatic carbocycles. The quantitative estimate of drug-likeness (QED) is 0.817. The summed E-state index contributed by atoms with van der Waals surface area (Å²) < 4.78 is 10.4. The summed E-state index contributed by atoms with van der Waals surface area (Å²) in [6.07, 6.45) is 1.92. The lowest BCUT2D eigenvalue weighted by molar-refractivity contribution is 0.368. The highest BCUT2D eigenvalue weighted by atomic mass is 35.5. The summed E-state index contributed by atoms with van der Waals surface area (Å²) in [5, 5.41) is 0.653. The molecule has 2 rings (SSSR count). The Labute approximate surface area is 143 Å². The molecule has 0 saturated carbocycles. The van der Waals surface area contributed by atoms with E-state index in [9.17, 15) is 0 Å². The third-order valence-electron chi connectivity index (χ3n) is 2.99. The van der Waals surface area contributed by atoms with Crippen LogP contribution in [0.2, 0.25) is 10.0 Å². The molecule has 0 spiro atoms. The zero-order valence-corrected chi connectivity index (χ0v) is 14.6. The van der Waals surface area contributed by atoms with Gasteiger partial charge in [-0.05, 0) is 24.0 Å². The monoisotopic (exact) mass is 359 g/mol.